The first-order valence-corrected chi connectivity index (χ1v) is 20.4. The van der Waals surface area contributed by atoms with Gasteiger partial charge in [-0.25, -0.2) is 0 Å². The predicted octanol–water partition coefficient (Wildman–Crippen LogP) is 16.0. The van der Waals surface area contributed by atoms with E-state index in [1.54, 1.807) is 0 Å². The summed E-state index contributed by atoms with van der Waals surface area (Å²) in [4.78, 5) is 2.44. The van der Waals surface area contributed by atoms with Crippen molar-refractivity contribution >= 4 is 39.0 Å². The molecule has 0 saturated heterocycles. The molecule has 0 atom stereocenters. The summed E-state index contributed by atoms with van der Waals surface area (Å²) in [5, 5.41) is 2.17. The Labute approximate surface area is 345 Å². The lowest BCUT2D eigenvalue weighted by atomic mass is 9.81. The van der Waals surface area contributed by atoms with Gasteiger partial charge in [0.2, 0.25) is 0 Å². The molecule has 0 amide bonds. The third kappa shape index (κ3) is 5.71. The van der Waals surface area contributed by atoms with E-state index in [1.807, 2.05) is 6.07 Å². The van der Waals surface area contributed by atoms with Crippen LogP contribution in [0.1, 0.15) is 25.0 Å². The summed E-state index contributed by atoms with van der Waals surface area (Å²) < 4.78 is 6.53. The van der Waals surface area contributed by atoms with Crippen molar-refractivity contribution in [1.82, 2.24) is 0 Å². The normalized spacial score (nSPS) is 12.7. The zero-order valence-electron chi connectivity index (χ0n) is 33.1. The van der Waals surface area contributed by atoms with E-state index < -0.39 is 0 Å². The smallest absolute Gasteiger partial charge is 0.137 e. The Hall–Kier alpha value is -7.42. The lowest BCUT2D eigenvalue weighted by Crippen LogP contribution is -2.14. The zero-order valence-corrected chi connectivity index (χ0v) is 33.1. The van der Waals surface area contributed by atoms with Crippen LogP contribution in [0.5, 0.6) is 0 Å². The van der Waals surface area contributed by atoms with Gasteiger partial charge in [-0.2, -0.15) is 0 Å². The molecule has 1 aromatic heterocycles. The van der Waals surface area contributed by atoms with Crippen LogP contribution in [0.25, 0.3) is 77.6 Å². The van der Waals surface area contributed by atoms with E-state index in [2.05, 4.69) is 225 Å². The molecule has 0 unspecified atom stereocenters. The molecule has 280 valence electrons. The van der Waals surface area contributed by atoms with Crippen molar-refractivity contribution in [3.63, 3.8) is 0 Å². The van der Waals surface area contributed by atoms with E-state index in [1.165, 1.54) is 55.6 Å². The summed E-state index contributed by atoms with van der Waals surface area (Å²) in [5.74, 6) is 0. The number of anilines is 3. The molecule has 0 N–H and O–H groups in total. The minimum Gasteiger partial charge on any atom is -0.456 e. The second-order valence-corrected chi connectivity index (χ2v) is 16.0. The van der Waals surface area contributed by atoms with Gasteiger partial charge < -0.3 is 9.32 Å². The van der Waals surface area contributed by atoms with Gasteiger partial charge in [0.15, 0.2) is 0 Å². The number of hydrogen-bond donors (Lipinski definition) is 0. The van der Waals surface area contributed by atoms with E-state index in [0.717, 1.165) is 50.1 Å². The fraction of sp³-hybridized carbons (Fsp3) is 0.0526. The number of furan rings is 1. The maximum absolute atomic E-state index is 6.53. The Balaban J connectivity index is 1.15. The highest BCUT2D eigenvalue weighted by Crippen LogP contribution is 2.52. The van der Waals surface area contributed by atoms with Crippen LogP contribution in [0.4, 0.5) is 17.1 Å². The fourth-order valence-electron chi connectivity index (χ4n) is 9.48. The summed E-state index contributed by atoms with van der Waals surface area (Å²) in [6, 6.07) is 76.9. The van der Waals surface area contributed by atoms with Crippen LogP contribution in [-0.2, 0) is 5.41 Å². The van der Waals surface area contributed by atoms with Gasteiger partial charge in [0, 0.05) is 22.1 Å². The number of rotatable bonds is 7. The Morgan fingerprint density at radius 2 is 0.932 bits per heavy atom. The largest absolute Gasteiger partial charge is 0.456 e. The summed E-state index contributed by atoms with van der Waals surface area (Å²) in [5.41, 5.74) is 19.7. The average molecular weight is 756 g/mol. The summed E-state index contributed by atoms with van der Waals surface area (Å²) >= 11 is 0. The van der Waals surface area contributed by atoms with Gasteiger partial charge in [-0.1, -0.05) is 184 Å². The van der Waals surface area contributed by atoms with Crippen molar-refractivity contribution in [1.29, 1.82) is 0 Å². The number of nitrogens with zero attached hydrogens (tertiary/aromatic N) is 1. The standard InChI is InChI=1S/C57H41NO/c1-57(2)49-26-13-11-22-45(49)46-36-33-41(37-50(46)57)38-31-34-42(35-32-38)58(52-28-16-30-54-56(52)48-24-12-14-29-53(48)59-54)51-27-15-25-44(40-19-7-4-8-20-40)55(51)47-23-10-9-21-43(47)39-17-5-3-6-18-39/h3-37H,1-2H3. The van der Waals surface area contributed by atoms with Crippen LogP contribution >= 0.6 is 0 Å². The van der Waals surface area contributed by atoms with Gasteiger partial charge in [0.25, 0.3) is 0 Å². The number of fused-ring (bicyclic) bond motifs is 6. The molecule has 59 heavy (non-hydrogen) atoms. The molecular weight excluding hydrogens is 715 g/mol. The van der Waals surface area contributed by atoms with Crippen LogP contribution in [-0.4, -0.2) is 0 Å². The van der Waals surface area contributed by atoms with Crippen molar-refractivity contribution < 1.29 is 4.42 Å². The Morgan fingerprint density at radius 1 is 0.373 bits per heavy atom. The van der Waals surface area contributed by atoms with Crippen molar-refractivity contribution in [3.8, 4) is 55.6 Å². The molecule has 2 nitrogen and oxygen atoms in total. The number of benzene rings is 9. The summed E-state index contributed by atoms with van der Waals surface area (Å²) in [6.07, 6.45) is 0. The SMILES string of the molecule is CC1(C)c2ccccc2-c2ccc(-c3ccc(N(c4cccc(-c5ccccc5)c4-c4ccccc4-c4ccccc4)c4cccc5oc6ccccc6c45)cc3)cc21. The van der Waals surface area contributed by atoms with Crippen molar-refractivity contribution in [2.24, 2.45) is 0 Å². The molecule has 0 aliphatic heterocycles. The van der Waals surface area contributed by atoms with Gasteiger partial charge in [0.1, 0.15) is 11.2 Å². The molecular formula is C57H41NO. The highest BCUT2D eigenvalue weighted by atomic mass is 16.3. The maximum atomic E-state index is 6.53. The molecule has 0 fully saturated rings. The van der Waals surface area contributed by atoms with Crippen molar-refractivity contribution in [2.75, 3.05) is 4.90 Å². The van der Waals surface area contributed by atoms with Crippen LogP contribution in [0.15, 0.2) is 217 Å². The Morgan fingerprint density at radius 3 is 1.71 bits per heavy atom. The van der Waals surface area contributed by atoms with Gasteiger partial charge in [-0.15, -0.1) is 0 Å². The highest BCUT2D eigenvalue weighted by Gasteiger charge is 2.35. The van der Waals surface area contributed by atoms with Crippen LogP contribution in [0.2, 0.25) is 0 Å². The van der Waals surface area contributed by atoms with Gasteiger partial charge in [-0.3, -0.25) is 0 Å². The molecule has 1 aliphatic carbocycles. The number of hydrogen-bond acceptors (Lipinski definition) is 2. The average Bonchev–Trinajstić information content (AvgIpc) is 3.79. The molecule has 1 aliphatic rings. The van der Waals surface area contributed by atoms with E-state index >= 15 is 0 Å². The molecule has 9 aromatic carbocycles. The fourth-order valence-corrected chi connectivity index (χ4v) is 9.48. The first-order valence-electron chi connectivity index (χ1n) is 20.4. The van der Waals surface area contributed by atoms with E-state index in [9.17, 15) is 0 Å². The van der Waals surface area contributed by atoms with Gasteiger partial charge in [-0.05, 0) is 104 Å². The van der Waals surface area contributed by atoms with Crippen molar-refractivity contribution in [3.05, 3.63) is 223 Å². The molecule has 0 bridgehead atoms. The molecule has 2 heteroatoms. The Bertz CT molecular complexity index is 3170. The second kappa shape index (κ2) is 13.9. The minimum atomic E-state index is -0.0685. The topological polar surface area (TPSA) is 16.4 Å². The lowest BCUT2D eigenvalue weighted by Gasteiger charge is -2.30. The van der Waals surface area contributed by atoms with Crippen molar-refractivity contribution in [2.45, 2.75) is 19.3 Å². The van der Waals surface area contributed by atoms with E-state index in [0.29, 0.717) is 0 Å². The van der Waals surface area contributed by atoms with Gasteiger partial charge >= 0.3 is 0 Å². The third-order valence-corrected chi connectivity index (χ3v) is 12.3. The van der Waals surface area contributed by atoms with Gasteiger partial charge in [0.05, 0.1) is 16.8 Å². The molecule has 11 rings (SSSR count). The van der Waals surface area contributed by atoms with Crippen LogP contribution in [0.3, 0.4) is 0 Å². The molecule has 0 radical (unpaired) electrons. The zero-order chi connectivity index (χ0) is 39.5. The summed E-state index contributed by atoms with van der Waals surface area (Å²) in [6.45, 7) is 4.69. The van der Waals surface area contributed by atoms with E-state index in [4.69, 9.17) is 4.42 Å². The highest BCUT2D eigenvalue weighted by molar-refractivity contribution is 6.14. The molecule has 0 spiro atoms. The monoisotopic (exact) mass is 755 g/mol. The lowest BCUT2D eigenvalue weighted by molar-refractivity contribution is 0.660. The quantitative estimate of drug-likeness (QED) is 0.161. The van der Waals surface area contributed by atoms with Crippen LogP contribution in [0, 0.1) is 0 Å². The first kappa shape index (κ1) is 34.8. The first-order chi connectivity index (χ1) is 29.0. The maximum Gasteiger partial charge on any atom is 0.137 e. The molecule has 1 heterocycles. The van der Waals surface area contributed by atoms with Crippen LogP contribution < -0.4 is 4.90 Å². The second-order valence-electron chi connectivity index (χ2n) is 16.0. The third-order valence-electron chi connectivity index (χ3n) is 12.3. The molecule has 0 saturated carbocycles. The Kier molecular flexibility index (Phi) is 8.20. The minimum absolute atomic E-state index is 0.0685. The number of para-hydroxylation sites is 1. The summed E-state index contributed by atoms with van der Waals surface area (Å²) in [7, 11) is 0. The van der Waals surface area contributed by atoms with E-state index in [-0.39, 0.29) is 5.41 Å². The molecule has 10 aromatic rings. The predicted molar refractivity (Wildman–Crippen MR) is 248 cm³/mol.